The minimum atomic E-state index is -3.86. The van der Waals surface area contributed by atoms with Crippen LogP contribution in [0.5, 0.6) is 5.88 Å². The number of anilines is 1. The molecule has 2 aliphatic heterocycles. The molecule has 4 atom stereocenters. The van der Waals surface area contributed by atoms with Crippen molar-refractivity contribution < 1.29 is 13.2 Å². The number of hydrogen-bond acceptors (Lipinski definition) is 6. The molecule has 1 aliphatic carbocycles. The molecule has 8 heteroatoms. The van der Waals surface area contributed by atoms with E-state index in [4.69, 9.17) is 4.74 Å². The van der Waals surface area contributed by atoms with E-state index in [-0.39, 0.29) is 22.9 Å². The first-order valence-electron chi connectivity index (χ1n) is 12.7. The number of nitrogens with one attached hydrogen (secondary N) is 1. The number of likely N-dealkylation sites (tertiary alicyclic amines) is 1. The smallest absolute Gasteiger partial charge is 0.264 e. The minimum Gasteiger partial charge on any atom is -0.473 e. The first kappa shape index (κ1) is 23.4. The lowest BCUT2D eigenvalue weighted by atomic mass is 9.70. The summed E-state index contributed by atoms with van der Waals surface area (Å²) in [4.78, 5) is 11.9. The van der Waals surface area contributed by atoms with Crippen LogP contribution in [0.15, 0.2) is 53.4 Å². The highest BCUT2D eigenvalue weighted by Crippen LogP contribution is 2.44. The minimum absolute atomic E-state index is 0.0250. The van der Waals surface area contributed by atoms with Gasteiger partial charge in [0.1, 0.15) is 6.10 Å². The highest BCUT2D eigenvalue weighted by molar-refractivity contribution is 7.92. The van der Waals surface area contributed by atoms with E-state index in [9.17, 15) is 8.42 Å². The number of piperidine rings is 1. The average molecular weight is 505 g/mol. The van der Waals surface area contributed by atoms with E-state index in [0.29, 0.717) is 23.5 Å². The number of aryl methyl sites for hydroxylation is 2. The normalized spacial score (nSPS) is 27.0. The van der Waals surface area contributed by atoms with Gasteiger partial charge in [0.05, 0.1) is 10.6 Å². The molecule has 2 fully saturated rings. The summed E-state index contributed by atoms with van der Waals surface area (Å²) in [7, 11) is -1.67. The number of fused-ring (bicyclic) bond motifs is 9. The summed E-state index contributed by atoms with van der Waals surface area (Å²) < 4.78 is 36.1. The number of nitrogens with zero attached hydrogens (tertiary/aromatic N) is 3. The fourth-order valence-corrected chi connectivity index (χ4v) is 7.54. The van der Waals surface area contributed by atoms with Gasteiger partial charge in [0, 0.05) is 17.7 Å². The van der Waals surface area contributed by atoms with E-state index in [1.165, 1.54) is 6.42 Å². The van der Waals surface area contributed by atoms with E-state index in [1.54, 1.807) is 6.07 Å². The van der Waals surface area contributed by atoms with Crippen LogP contribution in [-0.4, -0.2) is 49.0 Å². The van der Waals surface area contributed by atoms with Gasteiger partial charge < -0.3 is 4.74 Å². The molecule has 36 heavy (non-hydrogen) atoms. The molecule has 6 bridgehead atoms. The predicted octanol–water partition coefficient (Wildman–Crippen LogP) is 4.91. The van der Waals surface area contributed by atoms with Gasteiger partial charge in [-0.3, -0.25) is 4.90 Å². The molecule has 0 amide bonds. The number of likely N-dealkylation sites (N-methyl/N-ethyl adjacent to an activating group) is 1. The van der Waals surface area contributed by atoms with Crippen LogP contribution in [-0.2, 0) is 10.0 Å². The first-order valence-corrected chi connectivity index (χ1v) is 14.2. The van der Waals surface area contributed by atoms with Crippen molar-refractivity contribution in [1.82, 2.24) is 14.9 Å². The molecule has 3 aromatic rings. The molecular formula is C28H32N4O3S. The van der Waals surface area contributed by atoms with Crippen LogP contribution in [0.25, 0.3) is 11.3 Å². The van der Waals surface area contributed by atoms with E-state index >= 15 is 0 Å². The first-order chi connectivity index (χ1) is 17.3. The molecule has 3 heterocycles. The zero-order valence-electron chi connectivity index (χ0n) is 20.9. The SMILES string of the molecule is Cc1cccc(C)c1-c1cc2nc(n1)NS(=O)(=O)c1cccc(c1)C1CC3CCCN(C)C3[C@H](C1)O2. The zero-order chi connectivity index (χ0) is 25.0. The van der Waals surface area contributed by atoms with Crippen molar-refractivity contribution in [3.05, 3.63) is 65.2 Å². The summed E-state index contributed by atoms with van der Waals surface area (Å²) in [5, 5.41) is 0. The third-order valence-electron chi connectivity index (χ3n) is 8.14. The summed E-state index contributed by atoms with van der Waals surface area (Å²) >= 11 is 0. The van der Waals surface area contributed by atoms with Gasteiger partial charge in [0.15, 0.2) is 0 Å². The molecule has 0 spiro atoms. The lowest BCUT2D eigenvalue weighted by Gasteiger charge is -2.48. The molecule has 3 aliphatic rings. The number of benzene rings is 2. The van der Waals surface area contributed by atoms with Gasteiger partial charge in [-0.05, 0) is 93.8 Å². The molecule has 1 N–H and O–H groups in total. The second-order valence-corrected chi connectivity index (χ2v) is 12.2. The van der Waals surface area contributed by atoms with Crippen molar-refractivity contribution in [3.8, 4) is 17.1 Å². The molecule has 6 rings (SSSR count). The molecule has 188 valence electrons. The summed E-state index contributed by atoms with van der Waals surface area (Å²) in [6.07, 6.45) is 4.14. The van der Waals surface area contributed by atoms with Crippen LogP contribution >= 0.6 is 0 Å². The summed E-state index contributed by atoms with van der Waals surface area (Å²) in [6, 6.07) is 15.6. The van der Waals surface area contributed by atoms with E-state index in [0.717, 1.165) is 48.1 Å². The Hall–Kier alpha value is -2.97. The van der Waals surface area contributed by atoms with Gasteiger partial charge in [-0.15, -0.1) is 0 Å². The number of sulfonamides is 1. The van der Waals surface area contributed by atoms with Crippen LogP contribution < -0.4 is 9.46 Å². The summed E-state index contributed by atoms with van der Waals surface area (Å²) in [5.41, 5.74) is 4.80. The van der Waals surface area contributed by atoms with Gasteiger partial charge in [0.25, 0.3) is 10.0 Å². The van der Waals surface area contributed by atoms with Crippen molar-refractivity contribution in [2.24, 2.45) is 5.92 Å². The third kappa shape index (κ3) is 4.16. The standard InChI is InChI=1S/C28H32N4O3S/c1-17-7-4-8-18(2)26(17)23-16-25-30-28(29-23)31-36(33,34)22-11-5-9-19(14-22)21-13-20-10-6-12-32(3)27(20)24(15-21)35-25/h4-5,7-9,11,14,16,20-21,24,27H,6,10,12-13,15H2,1-3H3,(H,29,30,31)/t20?,21?,24-,27?/m0/s1. The van der Waals surface area contributed by atoms with Crippen LogP contribution in [0.2, 0.25) is 0 Å². The van der Waals surface area contributed by atoms with Gasteiger partial charge in [-0.1, -0.05) is 30.3 Å². The zero-order valence-corrected chi connectivity index (χ0v) is 21.8. The van der Waals surface area contributed by atoms with Gasteiger partial charge in [-0.25, -0.2) is 18.1 Å². The summed E-state index contributed by atoms with van der Waals surface area (Å²) in [5.74, 6) is 1.16. The molecule has 1 saturated heterocycles. The Kier molecular flexibility index (Phi) is 5.76. The van der Waals surface area contributed by atoms with E-state index < -0.39 is 10.0 Å². The Balaban J connectivity index is 1.53. The Bertz CT molecular complexity index is 1400. The maximum atomic E-state index is 13.4. The van der Waals surface area contributed by atoms with Gasteiger partial charge in [-0.2, -0.15) is 4.98 Å². The fraction of sp³-hybridized carbons (Fsp3) is 0.429. The summed E-state index contributed by atoms with van der Waals surface area (Å²) in [6.45, 7) is 5.13. The maximum absolute atomic E-state index is 13.4. The van der Waals surface area contributed by atoms with E-state index in [2.05, 4.69) is 26.6 Å². The lowest BCUT2D eigenvalue weighted by molar-refractivity contribution is -0.0199. The highest BCUT2D eigenvalue weighted by Gasteiger charge is 2.44. The van der Waals surface area contributed by atoms with Crippen molar-refractivity contribution in [3.63, 3.8) is 0 Å². The van der Waals surface area contributed by atoms with Crippen LogP contribution in [0.1, 0.15) is 48.3 Å². The molecule has 2 aromatic carbocycles. The van der Waals surface area contributed by atoms with Crippen molar-refractivity contribution in [2.75, 3.05) is 18.3 Å². The van der Waals surface area contributed by atoms with E-state index in [1.807, 2.05) is 56.3 Å². The molecule has 3 unspecified atom stereocenters. The monoisotopic (exact) mass is 504 g/mol. The maximum Gasteiger partial charge on any atom is 0.264 e. The topological polar surface area (TPSA) is 84.4 Å². The van der Waals surface area contributed by atoms with Crippen LogP contribution in [0, 0.1) is 19.8 Å². The number of hydrogen-bond donors (Lipinski definition) is 1. The van der Waals surface area contributed by atoms with Crippen molar-refractivity contribution in [2.45, 2.75) is 62.5 Å². The fourth-order valence-electron chi connectivity index (χ4n) is 6.55. The molecule has 0 radical (unpaired) electrons. The van der Waals surface area contributed by atoms with Gasteiger partial charge in [0.2, 0.25) is 11.8 Å². The molecule has 1 aromatic heterocycles. The Morgan fingerprint density at radius 1 is 1.03 bits per heavy atom. The quantitative estimate of drug-likeness (QED) is 0.507. The highest BCUT2D eigenvalue weighted by atomic mass is 32.2. The number of rotatable bonds is 1. The van der Waals surface area contributed by atoms with Crippen molar-refractivity contribution >= 4 is 16.0 Å². The molecule has 1 saturated carbocycles. The number of ether oxygens (including phenoxy) is 1. The van der Waals surface area contributed by atoms with Crippen LogP contribution in [0.3, 0.4) is 0 Å². The second kappa shape index (κ2) is 8.85. The number of aromatic nitrogens is 2. The Morgan fingerprint density at radius 3 is 2.61 bits per heavy atom. The largest absolute Gasteiger partial charge is 0.473 e. The average Bonchev–Trinajstić information content (AvgIpc) is 2.83. The Morgan fingerprint density at radius 2 is 1.81 bits per heavy atom. The lowest BCUT2D eigenvalue weighted by Crippen LogP contribution is -2.55. The molecular weight excluding hydrogens is 472 g/mol. The third-order valence-corrected chi connectivity index (χ3v) is 9.47. The van der Waals surface area contributed by atoms with Crippen LogP contribution in [0.4, 0.5) is 5.95 Å². The van der Waals surface area contributed by atoms with Gasteiger partial charge >= 0.3 is 0 Å². The molecule has 7 nitrogen and oxygen atoms in total. The Labute approximate surface area is 213 Å². The predicted molar refractivity (Wildman–Crippen MR) is 140 cm³/mol. The van der Waals surface area contributed by atoms with Crippen molar-refractivity contribution in [1.29, 1.82) is 0 Å². The second-order valence-electron chi connectivity index (χ2n) is 10.6.